The first-order chi connectivity index (χ1) is 7.25. The highest BCUT2D eigenvalue weighted by Gasteiger charge is 1.99. The molecule has 1 aliphatic carbocycles. The molecule has 2 rings (SSSR count). The Morgan fingerprint density at radius 1 is 1.27 bits per heavy atom. The monoisotopic (exact) mass is 195 g/mol. The van der Waals surface area contributed by atoms with Gasteiger partial charge in [-0.1, -0.05) is 35.9 Å². The second-order valence-electron chi connectivity index (χ2n) is 3.60. The van der Waals surface area contributed by atoms with E-state index in [4.69, 9.17) is 5.73 Å². The van der Waals surface area contributed by atoms with Crippen LogP contribution in [0.25, 0.3) is 5.57 Å². The van der Waals surface area contributed by atoms with Gasteiger partial charge in [0.05, 0.1) is 0 Å². The van der Waals surface area contributed by atoms with Gasteiger partial charge in [-0.3, -0.25) is 0 Å². The van der Waals surface area contributed by atoms with Crippen molar-refractivity contribution in [2.24, 2.45) is 5.73 Å². The lowest BCUT2D eigenvalue weighted by Crippen LogP contribution is -1.92. The van der Waals surface area contributed by atoms with E-state index >= 15 is 0 Å². The fraction of sp³-hybridized carbons (Fsp3) is 0.0714. The van der Waals surface area contributed by atoms with Crippen LogP contribution in [0.3, 0.4) is 0 Å². The first-order valence-electron chi connectivity index (χ1n) is 4.93. The fourth-order valence-corrected chi connectivity index (χ4v) is 1.53. The largest absolute Gasteiger partial charge is 0.399 e. The van der Waals surface area contributed by atoms with Gasteiger partial charge in [0.15, 0.2) is 0 Å². The van der Waals surface area contributed by atoms with Gasteiger partial charge in [0.1, 0.15) is 0 Å². The highest BCUT2D eigenvalue weighted by Crippen LogP contribution is 2.18. The normalized spacial score (nSPS) is 14.5. The quantitative estimate of drug-likeness (QED) is 0.685. The lowest BCUT2D eigenvalue weighted by molar-refractivity contribution is 1.42. The number of hydrogen-bond donors (Lipinski definition) is 1. The Hall–Kier alpha value is -1.98. The number of hydrogen-bond acceptors (Lipinski definition) is 1. The summed E-state index contributed by atoms with van der Waals surface area (Å²) < 4.78 is 0. The molecule has 15 heavy (non-hydrogen) atoms. The third-order valence-corrected chi connectivity index (χ3v) is 2.26. The highest BCUT2D eigenvalue weighted by atomic mass is 14.6. The molecule has 0 radical (unpaired) electrons. The van der Waals surface area contributed by atoms with Crippen LogP contribution >= 0.6 is 0 Å². The van der Waals surface area contributed by atoms with Crippen molar-refractivity contribution in [1.29, 1.82) is 0 Å². The van der Waals surface area contributed by atoms with Gasteiger partial charge in [-0.2, -0.15) is 0 Å². The zero-order valence-electron chi connectivity index (χ0n) is 8.70. The molecule has 0 aliphatic heterocycles. The van der Waals surface area contributed by atoms with Gasteiger partial charge in [0, 0.05) is 11.3 Å². The van der Waals surface area contributed by atoms with Gasteiger partial charge in [0.2, 0.25) is 0 Å². The maximum Gasteiger partial charge on any atom is 0.0326 e. The van der Waals surface area contributed by atoms with Crippen molar-refractivity contribution >= 4 is 5.57 Å². The Morgan fingerprint density at radius 2 is 2.13 bits per heavy atom. The summed E-state index contributed by atoms with van der Waals surface area (Å²) in [6, 6.07) is 8.32. The van der Waals surface area contributed by atoms with E-state index in [1.807, 2.05) is 30.4 Å². The van der Waals surface area contributed by atoms with E-state index in [0.717, 1.165) is 16.8 Å². The van der Waals surface area contributed by atoms with Crippen molar-refractivity contribution in [1.82, 2.24) is 0 Å². The third kappa shape index (κ3) is 2.28. The summed E-state index contributed by atoms with van der Waals surface area (Å²) in [5.41, 5.74) is 13.2. The molecular weight excluding hydrogens is 182 g/mol. The number of allylic oxidation sites excluding steroid dienone is 4. The molecule has 1 nitrogen and oxygen atoms in total. The van der Waals surface area contributed by atoms with E-state index in [9.17, 15) is 0 Å². The molecule has 0 fully saturated rings. The summed E-state index contributed by atoms with van der Waals surface area (Å²) in [6.07, 6.45) is 7.59. The van der Waals surface area contributed by atoms with E-state index in [1.165, 1.54) is 5.56 Å². The Balaban J connectivity index is 2.48. The lowest BCUT2D eigenvalue weighted by Gasteiger charge is -2.01. The van der Waals surface area contributed by atoms with Crippen molar-refractivity contribution in [3.63, 3.8) is 0 Å². The van der Waals surface area contributed by atoms with Gasteiger partial charge < -0.3 is 5.73 Å². The second kappa shape index (κ2) is 4.04. The van der Waals surface area contributed by atoms with Crippen molar-refractivity contribution in [2.75, 3.05) is 0 Å². The summed E-state index contributed by atoms with van der Waals surface area (Å²) in [6.45, 7) is 2.08. The third-order valence-electron chi connectivity index (χ3n) is 2.26. The van der Waals surface area contributed by atoms with Gasteiger partial charge >= 0.3 is 0 Å². The summed E-state index contributed by atoms with van der Waals surface area (Å²) in [7, 11) is 0. The van der Waals surface area contributed by atoms with Gasteiger partial charge in [-0.25, -0.2) is 0 Å². The molecule has 0 bridgehead atoms. The lowest BCUT2D eigenvalue weighted by atomic mass is 10.0. The van der Waals surface area contributed by atoms with E-state index in [-0.39, 0.29) is 0 Å². The Bertz CT molecular complexity index is 498. The molecule has 1 aliphatic rings. The van der Waals surface area contributed by atoms with Crippen LogP contribution in [0.1, 0.15) is 11.1 Å². The predicted molar refractivity (Wildman–Crippen MR) is 64.1 cm³/mol. The minimum atomic E-state index is 0.757. The van der Waals surface area contributed by atoms with Crippen LogP contribution in [0, 0.1) is 6.92 Å². The molecule has 1 aromatic rings. The van der Waals surface area contributed by atoms with Crippen molar-refractivity contribution in [3.05, 3.63) is 71.1 Å². The molecule has 0 heterocycles. The van der Waals surface area contributed by atoms with E-state index in [1.54, 1.807) is 0 Å². The van der Waals surface area contributed by atoms with Crippen molar-refractivity contribution in [3.8, 4) is 0 Å². The van der Waals surface area contributed by atoms with Gasteiger partial charge in [-0.05, 0) is 30.7 Å². The van der Waals surface area contributed by atoms with E-state index < -0.39 is 0 Å². The molecule has 0 saturated heterocycles. The zero-order chi connectivity index (χ0) is 10.7. The number of nitrogens with two attached hydrogens (primary N) is 1. The minimum absolute atomic E-state index is 0.757. The fourth-order valence-electron chi connectivity index (χ4n) is 1.53. The molecule has 1 aromatic carbocycles. The SMILES string of the molecule is Cc1cccc(C2=C=CC=CC(N)=C2)c1. The standard InChI is InChI=1S/C14H13N/c1-11-5-4-7-12(9-11)13-6-2-3-8-14(15)10-13/h2-5,7-10H,15H2,1H3. The zero-order valence-corrected chi connectivity index (χ0v) is 8.70. The number of aryl methyl sites for hydroxylation is 1. The molecular formula is C14H13N. The van der Waals surface area contributed by atoms with Gasteiger partial charge in [-0.15, -0.1) is 5.73 Å². The Morgan fingerprint density at radius 3 is 2.93 bits per heavy atom. The van der Waals surface area contributed by atoms with Crippen LogP contribution in [0.2, 0.25) is 0 Å². The number of benzene rings is 1. The van der Waals surface area contributed by atoms with Crippen LogP contribution in [0.4, 0.5) is 0 Å². The van der Waals surface area contributed by atoms with E-state index in [0.29, 0.717) is 0 Å². The summed E-state index contributed by atoms with van der Waals surface area (Å²) in [4.78, 5) is 0. The summed E-state index contributed by atoms with van der Waals surface area (Å²) in [5, 5.41) is 0. The molecule has 1 heteroatoms. The van der Waals surface area contributed by atoms with Crippen molar-refractivity contribution in [2.45, 2.75) is 6.92 Å². The summed E-state index contributed by atoms with van der Waals surface area (Å²) >= 11 is 0. The van der Waals surface area contributed by atoms with Gasteiger partial charge in [0.25, 0.3) is 0 Å². The first kappa shape index (κ1) is 9.57. The minimum Gasteiger partial charge on any atom is -0.399 e. The molecule has 0 amide bonds. The van der Waals surface area contributed by atoms with E-state index in [2.05, 4.69) is 30.9 Å². The Kier molecular flexibility index (Phi) is 2.57. The highest BCUT2D eigenvalue weighted by molar-refractivity contribution is 5.75. The maximum absolute atomic E-state index is 5.79. The van der Waals surface area contributed by atoms with Crippen LogP contribution in [0.15, 0.2) is 60.0 Å². The molecule has 0 spiro atoms. The maximum atomic E-state index is 5.79. The average Bonchev–Trinajstić information content (AvgIpc) is 2.43. The topological polar surface area (TPSA) is 26.0 Å². The molecule has 74 valence electrons. The molecule has 2 N–H and O–H groups in total. The van der Waals surface area contributed by atoms with Crippen LogP contribution in [0.5, 0.6) is 0 Å². The van der Waals surface area contributed by atoms with Crippen LogP contribution in [-0.4, -0.2) is 0 Å². The van der Waals surface area contributed by atoms with Crippen LogP contribution < -0.4 is 5.73 Å². The second-order valence-corrected chi connectivity index (χ2v) is 3.60. The smallest absolute Gasteiger partial charge is 0.0326 e. The Labute approximate surface area is 89.9 Å². The van der Waals surface area contributed by atoms with Crippen LogP contribution in [-0.2, 0) is 0 Å². The average molecular weight is 195 g/mol. The molecule has 0 aromatic heterocycles. The molecule has 0 unspecified atom stereocenters. The molecule has 0 atom stereocenters. The van der Waals surface area contributed by atoms with Crippen molar-refractivity contribution < 1.29 is 0 Å². The molecule has 0 saturated carbocycles. The predicted octanol–water partition coefficient (Wildman–Crippen LogP) is 2.95. The summed E-state index contributed by atoms with van der Waals surface area (Å²) in [5.74, 6) is 0. The first-order valence-corrected chi connectivity index (χ1v) is 4.93. The number of rotatable bonds is 1.